The summed E-state index contributed by atoms with van der Waals surface area (Å²) in [5.74, 6) is 0.611. The zero-order chi connectivity index (χ0) is 9.61. The lowest BCUT2D eigenvalue weighted by molar-refractivity contribution is 0.247. The fourth-order valence-corrected chi connectivity index (χ4v) is 0.403. The number of aliphatic hydroxyl groups excluding tert-OH is 1. The molecule has 0 aliphatic rings. The van der Waals surface area contributed by atoms with Crippen molar-refractivity contribution in [3.8, 4) is 0 Å². The normalized spacial score (nSPS) is 9.54. The molecule has 0 radical (unpaired) electrons. The number of furan rings is 1. The van der Waals surface area contributed by atoms with Gasteiger partial charge in [-0.05, 0) is 12.1 Å². The van der Waals surface area contributed by atoms with Crippen molar-refractivity contribution in [1.29, 1.82) is 0 Å². The Morgan fingerprint density at radius 3 is 2.00 bits per heavy atom. The topological polar surface area (TPSA) is 146 Å². The fourth-order valence-electron chi connectivity index (χ4n) is 0.403. The molecule has 1 rings (SSSR count). The van der Waals surface area contributed by atoms with Crippen LogP contribution in [0, 0.1) is 0 Å². The molecule has 8 heteroatoms. The Morgan fingerprint density at radius 1 is 1.38 bits per heavy atom. The van der Waals surface area contributed by atoms with E-state index in [-0.39, 0.29) is 12.8 Å². The highest BCUT2D eigenvalue weighted by molar-refractivity contribution is 7.45. The van der Waals surface area contributed by atoms with Gasteiger partial charge in [-0.2, -0.15) is 0 Å². The van der Waals surface area contributed by atoms with Crippen LogP contribution in [0.15, 0.2) is 22.8 Å². The molecule has 0 bridgehead atoms. The number of phosphoric acid groups is 1. The molecule has 0 fully saturated rings. The summed E-state index contributed by atoms with van der Waals surface area (Å²) in [6, 6.07) is 3.46. The summed E-state index contributed by atoms with van der Waals surface area (Å²) in [5, 5.41) is 8.33. The van der Waals surface area contributed by atoms with E-state index in [1.54, 1.807) is 12.1 Å². The SMILES string of the molecule is N.O=P(O)(O)O.OCc1ccco1. The molecule has 13 heavy (non-hydrogen) atoms. The van der Waals surface area contributed by atoms with Crippen molar-refractivity contribution < 1.29 is 28.8 Å². The minimum atomic E-state index is -4.64. The van der Waals surface area contributed by atoms with Crippen molar-refractivity contribution in [1.82, 2.24) is 6.15 Å². The van der Waals surface area contributed by atoms with Crippen LogP contribution in [0.25, 0.3) is 0 Å². The third-order valence-corrected chi connectivity index (χ3v) is 0.736. The summed E-state index contributed by atoms with van der Waals surface area (Å²) in [6.45, 7) is -0.00694. The zero-order valence-electron chi connectivity index (χ0n) is 6.70. The maximum Gasteiger partial charge on any atom is 0.466 e. The Bertz CT molecular complexity index is 233. The molecule has 0 saturated heterocycles. The molecule has 0 aliphatic carbocycles. The van der Waals surface area contributed by atoms with Crippen LogP contribution in [0.5, 0.6) is 0 Å². The van der Waals surface area contributed by atoms with Crippen LogP contribution in [-0.4, -0.2) is 19.8 Å². The Balaban J connectivity index is 0. The smallest absolute Gasteiger partial charge is 0.466 e. The van der Waals surface area contributed by atoms with E-state index in [0.717, 1.165) is 0 Å². The lowest BCUT2D eigenvalue weighted by atomic mass is 10.5. The van der Waals surface area contributed by atoms with Crippen molar-refractivity contribution in [3.05, 3.63) is 24.2 Å². The van der Waals surface area contributed by atoms with E-state index in [1.807, 2.05) is 0 Å². The summed E-state index contributed by atoms with van der Waals surface area (Å²) in [4.78, 5) is 21.6. The summed E-state index contributed by atoms with van der Waals surface area (Å²) in [6.07, 6.45) is 1.53. The maximum atomic E-state index is 8.88. The Labute approximate surface area is 74.5 Å². The van der Waals surface area contributed by atoms with E-state index in [9.17, 15) is 0 Å². The average Bonchev–Trinajstić information content (AvgIpc) is 2.33. The maximum absolute atomic E-state index is 8.88. The molecule has 0 amide bonds. The van der Waals surface area contributed by atoms with Crippen molar-refractivity contribution in [2.45, 2.75) is 6.61 Å². The van der Waals surface area contributed by atoms with E-state index < -0.39 is 7.82 Å². The van der Waals surface area contributed by atoms with Crippen LogP contribution in [0.4, 0.5) is 0 Å². The first-order valence-corrected chi connectivity index (χ1v) is 4.41. The Morgan fingerprint density at radius 2 is 1.85 bits per heavy atom. The molecule has 0 spiro atoms. The van der Waals surface area contributed by atoms with Gasteiger partial charge in [-0.25, -0.2) is 4.57 Å². The second-order valence-corrected chi connectivity index (χ2v) is 2.78. The van der Waals surface area contributed by atoms with E-state index in [0.29, 0.717) is 5.76 Å². The molecule has 78 valence electrons. The molecule has 0 aliphatic heterocycles. The first-order chi connectivity index (χ1) is 5.43. The van der Waals surface area contributed by atoms with Gasteiger partial charge in [0.05, 0.1) is 6.26 Å². The highest BCUT2D eigenvalue weighted by Crippen LogP contribution is 2.25. The molecular formula is C5H12NO6P. The lowest BCUT2D eigenvalue weighted by Gasteiger charge is -1.82. The van der Waals surface area contributed by atoms with Gasteiger partial charge in [-0.3, -0.25) is 0 Å². The lowest BCUT2D eigenvalue weighted by Crippen LogP contribution is -1.72. The van der Waals surface area contributed by atoms with Crippen LogP contribution in [0.2, 0.25) is 0 Å². The average molecular weight is 213 g/mol. The fraction of sp³-hybridized carbons (Fsp3) is 0.200. The van der Waals surface area contributed by atoms with E-state index in [4.69, 9.17) is 28.8 Å². The van der Waals surface area contributed by atoms with Crippen LogP contribution in [0.3, 0.4) is 0 Å². The second kappa shape index (κ2) is 6.79. The van der Waals surface area contributed by atoms with E-state index in [1.165, 1.54) is 6.26 Å². The van der Waals surface area contributed by atoms with Crippen LogP contribution < -0.4 is 6.15 Å². The van der Waals surface area contributed by atoms with Crippen molar-refractivity contribution in [2.75, 3.05) is 0 Å². The predicted octanol–water partition coefficient (Wildman–Crippen LogP) is 0.00530. The molecular weight excluding hydrogens is 201 g/mol. The molecule has 1 heterocycles. The summed E-state index contributed by atoms with van der Waals surface area (Å²) < 4.78 is 13.6. The van der Waals surface area contributed by atoms with Gasteiger partial charge < -0.3 is 30.4 Å². The molecule has 7 nitrogen and oxygen atoms in total. The van der Waals surface area contributed by atoms with E-state index >= 15 is 0 Å². The van der Waals surface area contributed by atoms with Gasteiger partial charge in [0.15, 0.2) is 0 Å². The summed E-state index contributed by atoms with van der Waals surface area (Å²) >= 11 is 0. The number of hydrogen-bond acceptors (Lipinski definition) is 4. The van der Waals surface area contributed by atoms with Gasteiger partial charge in [0.1, 0.15) is 12.4 Å². The molecule has 0 saturated carbocycles. The Kier molecular flexibility index (Phi) is 7.73. The zero-order valence-corrected chi connectivity index (χ0v) is 7.59. The second-order valence-electron chi connectivity index (χ2n) is 1.75. The number of rotatable bonds is 1. The van der Waals surface area contributed by atoms with Crippen LogP contribution in [0.1, 0.15) is 5.76 Å². The first-order valence-electron chi connectivity index (χ1n) is 2.85. The minimum Gasteiger partial charge on any atom is -0.467 e. The van der Waals surface area contributed by atoms with E-state index in [2.05, 4.69) is 0 Å². The van der Waals surface area contributed by atoms with Gasteiger partial charge in [0, 0.05) is 0 Å². The predicted molar refractivity (Wildman–Crippen MR) is 43.9 cm³/mol. The van der Waals surface area contributed by atoms with Gasteiger partial charge in [-0.15, -0.1) is 0 Å². The molecule has 7 N–H and O–H groups in total. The van der Waals surface area contributed by atoms with Crippen molar-refractivity contribution in [3.63, 3.8) is 0 Å². The molecule has 1 aromatic rings. The third kappa shape index (κ3) is 14.2. The van der Waals surface area contributed by atoms with Gasteiger partial charge >= 0.3 is 7.82 Å². The third-order valence-electron chi connectivity index (χ3n) is 0.736. The monoisotopic (exact) mass is 213 g/mol. The van der Waals surface area contributed by atoms with Gasteiger partial charge in [0.25, 0.3) is 0 Å². The van der Waals surface area contributed by atoms with Crippen LogP contribution in [-0.2, 0) is 11.2 Å². The molecule has 0 unspecified atom stereocenters. The largest absolute Gasteiger partial charge is 0.467 e. The summed E-state index contributed by atoms with van der Waals surface area (Å²) in [7, 11) is -4.64. The highest BCUT2D eigenvalue weighted by atomic mass is 31.2. The molecule has 0 atom stereocenters. The highest BCUT2D eigenvalue weighted by Gasteiger charge is 2.00. The number of hydrogen-bond donors (Lipinski definition) is 5. The summed E-state index contributed by atoms with van der Waals surface area (Å²) in [5.41, 5.74) is 0. The van der Waals surface area contributed by atoms with Gasteiger partial charge in [-0.1, -0.05) is 0 Å². The van der Waals surface area contributed by atoms with Gasteiger partial charge in [0.2, 0.25) is 0 Å². The first kappa shape index (κ1) is 14.8. The number of aliphatic hydroxyl groups is 1. The molecule has 0 aromatic carbocycles. The van der Waals surface area contributed by atoms with Crippen molar-refractivity contribution >= 4 is 7.82 Å². The molecule has 1 aromatic heterocycles. The quantitative estimate of drug-likeness (QED) is 0.412. The standard InChI is InChI=1S/C5H6O2.H3N.H3O4P/c6-4-5-2-1-3-7-5;;1-5(2,3)4/h1-3,6H,4H2;1H3;(H3,1,2,3,4). The Hall–Kier alpha value is -0.690. The van der Waals surface area contributed by atoms with Crippen LogP contribution >= 0.6 is 7.82 Å². The van der Waals surface area contributed by atoms with Crippen molar-refractivity contribution in [2.24, 2.45) is 0 Å². The minimum absolute atomic E-state index is 0.